The van der Waals surface area contributed by atoms with Crippen LogP contribution in [0.25, 0.3) is 0 Å². The molecule has 0 radical (unpaired) electrons. The van der Waals surface area contributed by atoms with E-state index in [9.17, 15) is 0 Å². The number of hydrogen-bond acceptors (Lipinski definition) is 3. The summed E-state index contributed by atoms with van der Waals surface area (Å²) in [6.45, 7) is 5.81. The molecule has 1 aromatic carbocycles. The molecule has 0 spiro atoms. The van der Waals surface area contributed by atoms with E-state index in [1.807, 2.05) is 24.3 Å². The Hall–Kier alpha value is -1.22. The molecule has 1 heterocycles. The van der Waals surface area contributed by atoms with E-state index < -0.39 is 0 Å². The zero-order valence-corrected chi connectivity index (χ0v) is 9.90. The molecule has 2 atom stereocenters. The average molecular weight is 223 g/mol. The first-order chi connectivity index (χ1) is 7.79. The number of ether oxygens (including phenoxy) is 2. The normalized spacial score (nSPS) is 20.5. The van der Waals surface area contributed by atoms with Crippen LogP contribution in [-0.2, 0) is 0 Å². The van der Waals surface area contributed by atoms with E-state index in [1.54, 1.807) is 0 Å². The third kappa shape index (κ3) is 2.67. The van der Waals surface area contributed by atoms with Crippen LogP contribution in [0.2, 0.25) is 0 Å². The molecule has 0 bridgehead atoms. The molecule has 1 aliphatic rings. The average Bonchev–Trinajstić information content (AvgIpc) is 2.35. The Bertz CT molecular complexity index is 346. The predicted molar refractivity (Wildman–Crippen MR) is 66.2 cm³/mol. The van der Waals surface area contributed by atoms with Gasteiger partial charge >= 0.3 is 0 Å². The van der Waals surface area contributed by atoms with E-state index in [4.69, 9.17) is 9.47 Å². The van der Waals surface area contributed by atoms with Crippen molar-refractivity contribution in [2.45, 2.75) is 32.4 Å². The van der Waals surface area contributed by atoms with Gasteiger partial charge in [0.15, 0.2) is 11.5 Å². The summed E-state index contributed by atoms with van der Waals surface area (Å²) in [4.78, 5) is 0. The molecule has 2 unspecified atom stereocenters. The molecule has 0 saturated carbocycles. The number of rotatable bonds is 4. The minimum Gasteiger partial charge on any atom is -0.486 e. The Balaban J connectivity index is 0.00000144. The third-order valence-corrected chi connectivity index (χ3v) is 2.87. The summed E-state index contributed by atoms with van der Waals surface area (Å²) in [6, 6.07) is 8.34. The van der Waals surface area contributed by atoms with Gasteiger partial charge in [0.2, 0.25) is 0 Å². The van der Waals surface area contributed by atoms with E-state index in [0.29, 0.717) is 12.6 Å². The summed E-state index contributed by atoms with van der Waals surface area (Å²) in [7, 11) is 0. The molecule has 0 aromatic heterocycles. The largest absolute Gasteiger partial charge is 0.486 e. The van der Waals surface area contributed by atoms with Gasteiger partial charge in [-0.25, -0.2) is 0 Å². The van der Waals surface area contributed by atoms with E-state index in [1.165, 1.54) is 0 Å². The second kappa shape index (κ2) is 5.21. The van der Waals surface area contributed by atoms with Gasteiger partial charge in [0.05, 0.1) is 0 Å². The molecular formula is C13H21NO2. The van der Waals surface area contributed by atoms with Gasteiger partial charge in [-0.2, -0.15) is 0 Å². The molecule has 16 heavy (non-hydrogen) atoms. The summed E-state index contributed by atoms with van der Waals surface area (Å²) in [6.07, 6.45) is 1.24. The van der Waals surface area contributed by atoms with Crippen LogP contribution in [0.5, 0.6) is 11.5 Å². The molecular weight excluding hydrogens is 202 g/mol. The number of benzene rings is 1. The first-order valence-electron chi connectivity index (χ1n) is 5.91. The lowest BCUT2D eigenvalue weighted by Crippen LogP contribution is -2.41. The van der Waals surface area contributed by atoms with Gasteiger partial charge in [0, 0.05) is 14.0 Å². The zero-order valence-electron chi connectivity index (χ0n) is 9.90. The van der Waals surface area contributed by atoms with Crippen molar-refractivity contribution in [3.05, 3.63) is 24.3 Å². The second-order valence-electron chi connectivity index (χ2n) is 4.22. The maximum atomic E-state index is 5.84. The van der Waals surface area contributed by atoms with E-state index in [2.05, 4.69) is 19.2 Å². The van der Waals surface area contributed by atoms with Crippen LogP contribution in [0.15, 0.2) is 24.3 Å². The van der Waals surface area contributed by atoms with Crippen LogP contribution < -0.4 is 14.8 Å². The fourth-order valence-corrected chi connectivity index (χ4v) is 1.64. The Morgan fingerprint density at radius 1 is 1.44 bits per heavy atom. The Labute approximate surface area is 98.2 Å². The summed E-state index contributed by atoms with van der Waals surface area (Å²) in [5.41, 5.74) is 0. The minimum atomic E-state index is 0. The molecule has 0 fully saturated rings. The summed E-state index contributed by atoms with van der Waals surface area (Å²) < 4.78 is 11.5. The van der Waals surface area contributed by atoms with Gasteiger partial charge < -0.3 is 14.8 Å². The van der Waals surface area contributed by atoms with E-state index in [-0.39, 0.29) is 7.53 Å². The van der Waals surface area contributed by atoms with Gasteiger partial charge in [-0.1, -0.05) is 19.1 Å². The number of fused-ring (bicyclic) bond motifs is 1. The van der Waals surface area contributed by atoms with Crippen LogP contribution in [0.1, 0.15) is 21.7 Å². The highest BCUT2D eigenvalue weighted by Crippen LogP contribution is 2.30. The number of para-hydroxylation sites is 2. The van der Waals surface area contributed by atoms with Crippen molar-refractivity contribution >= 4 is 0 Å². The molecule has 3 nitrogen and oxygen atoms in total. The van der Waals surface area contributed by atoms with Crippen molar-refractivity contribution in [2.24, 2.45) is 0 Å². The van der Waals surface area contributed by atoms with Crippen LogP contribution >= 0.6 is 0 Å². The fourth-order valence-electron chi connectivity index (χ4n) is 1.64. The van der Waals surface area contributed by atoms with Gasteiger partial charge in [-0.3, -0.25) is 0 Å². The molecule has 1 aromatic rings. The Morgan fingerprint density at radius 3 is 2.94 bits per heavy atom. The maximum absolute atomic E-state index is 5.84. The highest BCUT2D eigenvalue weighted by Gasteiger charge is 2.20. The summed E-state index contributed by atoms with van der Waals surface area (Å²) >= 11 is 0. The first-order valence-corrected chi connectivity index (χ1v) is 5.91. The molecule has 0 amide bonds. The van der Waals surface area contributed by atoms with Crippen LogP contribution in [0.4, 0.5) is 0 Å². The first kappa shape index (κ1) is 11.3. The van der Waals surface area contributed by atoms with Crippen molar-refractivity contribution in [1.82, 2.24) is 5.32 Å². The Morgan fingerprint density at radius 2 is 2.19 bits per heavy atom. The highest BCUT2D eigenvalue weighted by atomic mass is 16.6. The standard InChI is InChI=1S/C13H19NO2.H2/c1-3-10(2)14-8-11-9-15-12-6-4-5-7-13(12)16-11;/h4-7,10-11,14H,3,8-9H2,1-2H3;1H. The summed E-state index contributed by atoms with van der Waals surface area (Å²) in [5, 5.41) is 3.43. The van der Waals surface area contributed by atoms with Gasteiger partial charge in [0.1, 0.15) is 12.7 Å². The maximum Gasteiger partial charge on any atom is 0.161 e. The van der Waals surface area contributed by atoms with Crippen molar-refractivity contribution in [1.29, 1.82) is 0 Å². The molecule has 90 valence electrons. The van der Waals surface area contributed by atoms with Crippen LogP contribution in [0.3, 0.4) is 0 Å². The minimum absolute atomic E-state index is 0. The molecule has 3 heteroatoms. The molecule has 1 aliphatic heterocycles. The quantitative estimate of drug-likeness (QED) is 0.850. The SMILES string of the molecule is CCC(C)NCC1COc2ccccc2O1.[HH]. The van der Waals surface area contributed by atoms with Crippen LogP contribution in [-0.4, -0.2) is 25.3 Å². The van der Waals surface area contributed by atoms with Gasteiger partial charge in [-0.05, 0) is 25.5 Å². The van der Waals surface area contributed by atoms with Gasteiger partial charge in [0.25, 0.3) is 0 Å². The van der Waals surface area contributed by atoms with Crippen molar-refractivity contribution in [2.75, 3.05) is 13.2 Å². The lowest BCUT2D eigenvalue weighted by Gasteiger charge is -2.27. The third-order valence-electron chi connectivity index (χ3n) is 2.87. The lowest BCUT2D eigenvalue weighted by atomic mass is 10.2. The van der Waals surface area contributed by atoms with Gasteiger partial charge in [-0.15, -0.1) is 0 Å². The second-order valence-corrected chi connectivity index (χ2v) is 4.22. The monoisotopic (exact) mass is 223 g/mol. The number of nitrogens with one attached hydrogen (secondary N) is 1. The predicted octanol–water partition coefficient (Wildman–Crippen LogP) is 2.46. The van der Waals surface area contributed by atoms with Crippen LogP contribution in [0, 0.1) is 0 Å². The lowest BCUT2D eigenvalue weighted by molar-refractivity contribution is 0.0885. The molecule has 0 aliphatic carbocycles. The topological polar surface area (TPSA) is 30.5 Å². The van der Waals surface area contributed by atoms with Crippen molar-refractivity contribution in [3.8, 4) is 11.5 Å². The smallest absolute Gasteiger partial charge is 0.161 e. The zero-order chi connectivity index (χ0) is 11.4. The fraction of sp³-hybridized carbons (Fsp3) is 0.538. The van der Waals surface area contributed by atoms with Crippen molar-refractivity contribution in [3.63, 3.8) is 0 Å². The Kier molecular flexibility index (Phi) is 3.67. The molecule has 1 N–H and O–H groups in total. The highest BCUT2D eigenvalue weighted by molar-refractivity contribution is 5.40. The number of hydrogen-bond donors (Lipinski definition) is 1. The summed E-state index contributed by atoms with van der Waals surface area (Å²) in [5.74, 6) is 1.70. The van der Waals surface area contributed by atoms with Crippen molar-refractivity contribution < 1.29 is 10.9 Å². The van der Waals surface area contributed by atoms with E-state index >= 15 is 0 Å². The van der Waals surface area contributed by atoms with E-state index in [0.717, 1.165) is 24.5 Å². The molecule has 2 rings (SSSR count). The molecule has 0 saturated heterocycles.